The van der Waals surface area contributed by atoms with E-state index in [1.54, 1.807) is 6.07 Å². The molecule has 0 bridgehead atoms. The highest BCUT2D eigenvalue weighted by atomic mass is 16.3. The number of hydrogen-bond acceptors (Lipinski definition) is 2. The molecule has 78 valence electrons. The molecule has 0 saturated heterocycles. The van der Waals surface area contributed by atoms with Crippen molar-refractivity contribution in [2.45, 2.75) is 32.1 Å². The maximum Gasteiger partial charge on any atom is 0.115 e. The highest BCUT2D eigenvalue weighted by Crippen LogP contribution is 2.40. The molecule has 0 amide bonds. The SMILES string of the molecule is CCC(C#N)C1CCc2ccc(O)cc21. The summed E-state index contributed by atoms with van der Waals surface area (Å²) in [6.07, 6.45) is 2.97. The first kappa shape index (κ1) is 10.0. The van der Waals surface area contributed by atoms with Crippen LogP contribution in [0.4, 0.5) is 0 Å². The molecule has 1 aliphatic rings. The Morgan fingerprint density at radius 2 is 2.40 bits per heavy atom. The van der Waals surface area contributed by atoms with E-state index in [1.807, 2.05) is 12.1 Å². The summed E-state index contributed by atoms with van der Waals surface area (Å²) >= 11 is 0. The van der Waals surface area contributed by atoms with Gasteiger partial charge in [-0.1, -0.05) is 13.0 Å². The van der Waals surface area contributed by atoms with Gasteiger partial charge in [0.1, 0.15) is 5.75 Å². The van der Waals surface area contributed by atoms with Crippen LogP contribution in [0.5, 0.6) is 5.75 Å². The number of hydrogen-bond donors (Lipinski definition) is 1. The van der Waals surface area contributed by atoms with Crippen molar-refractivity contribution in [2.24, 2.45) is 5.92 Å². The Hall–Kier alpha value is -1.49. The number of rotatable bonds is 2. The zero-order valence-electron chi connectivity index (χ0n) is 8.90. The lowest BCUT2D eigenvalue weighted by Gasteiger charge is -2.16. The minimum absolute atomic E-state index is 0.0908. The first-order valence-electron chi connectivity index (χ1n) is 5.47. The van der Waals surface area contributed by atoms with Gasteiger partial charge >= 0.3 is 0 Å². The smallest absolute Gasteiger partial charge is 0.115 e. The Labute approximate surface area is 90.2 Å². The second-order valence-electron chi connectivity index (χ2n) is 4.17. The van der Waals surface area contributed by atoms with Crippen LogP contribution < -0.4 is 0 Å². The Balaban J connectivity index is 2.35. The Kier molecular flexibility index (Phi) is 2.64. The number of phenolic OH excluding ortho intramolecular Hbond substituents is 1. The second-order valence-corrected chi connectivity index (χ2v) is 4.17. The van der Waals surface area contributed by atoms with Crippen LogP contribution in [0.3, 0.4) is 0 Å². The Morgan fingerprint density at radius 3 is 3.07 bits per heavy atom. The highest BCUT2D eigenvalue weighted by Gasteiger charge is 2.28. The number of phenols is 1. The molecule has 1 aliphatic carbocycles. The summed E-state index contributed by atoms with van der Waals surface area (Å²) in [5, 5.41) is 18.5. The van der Waals surface area contributed by atoms with Gasteiger partial charge in [-0.05, 0) is 42.5 Å². The summed E-state index contributed by atoms with van der Waals surface area (Å²) < 4.78 is 0. The predicted molar refractivity (Wildman–Crippen MR) is 58.6 cm³/mol. The van der Waals surface area contributed by atoms with E-state index in [1.165, 1.54) is 11.1 Å². The lowest BCUT2D eigenvalue weighted by atomic mass is 9.86. The molecular formula is C13H15NO. The molecule has 1 aromatic rings. The van der Waals surface area contributed by atoms with Gasteiger partial charge in [-0.15, -0.1) is 0 Å². The first-order valence-corrected chi connectivity index (χ1v) is 5.47. The lowest BCUT2D eigenvalue weighted by molar-refractivity contribution is 0.469. The first-order chi connectivity index (χ1) is 7.26. The molecule has 0 radical (unpaired) electrons. The van der Waals surface area contributed by atoms with Crippen molar-refractivity contribution in [1.29, 1.82) is 5.26 Å². The van der Waals surface area contributed by atoms with Gasteiger partial charge in [-0.2, -0.15) is 5.26 Å². The Morgan fingerprint density at radius 1 is 1.60 bits per heavy atom. The van der Waals surface area contributed by atoms with Crippen molar-refractivity contribution in [2.75, 3.05) is 0 Å². The minimum Gasteiger partial charge on any atom is -0.508 e. The molecule has 1 aromatic carbocycles. The van der Waals surface area contributed by atoms with E-state index in [0.29, 0.717) is 11.7 Å². The van der Waals surface area contributed by atoms with Crippen molar-refractivity contribution in [3.63, 3.8) is 0 Å². The molecule has 0 fully saturated rings. The third-order valence-electron chi connectivity index (χ3n) is 3.34. The van der Waals surface area contributed by atoms with Crippen molar-refractivity contribution < 1.29 is 5.11 Å². The molecule has 2 atom stereocenters. The maximum absolute atomic E-state index is 9.46. The molecule has 0 spiro atoms. The van der Waals surface area contributed by atoms with Gasteiger partial charge < -0.3 is 5.11 Å². The van der Waals surface area contributed by atoms with E-state index in [9.17, 15) is 5.11 Å². The van der Waals surface area contributed by atoms with E-state index in [0.717, 1.165) is 19.3 Å². The lowest BCUT2D eigenvalue weighted by Crippen LogP contribution is -2.07. The number of nitriles is 1. The molecule has 2 rings (SSSR count). The average molecular weight is 201 g/mol. The molecular weight excluding hydrogens is 186 g/mol. The van der Waals surface area contributed by atoms with Gasteiger partial charge in [0.15, 0.2) is 0 Å². The maximum atomic E-state index is 9.46. The third kappa shape index (κ3) is 1.70. The molecule has 2 nitrogen and oxygen atoms in total. The topological polar surface area (TPSA) is 44.0 Å². The number of benzene rings is 1. The molecule has 0 aliphatic heterocycles. The van der Waals surface area contributed by atoms with Crippen molar-refractivity contribution in [3.8, 4) is 11.8 Å². The summed E-state index contributed by atoms with van der Waals surface area (Å²) in [6.45, 7) is 2.05. The zero-order chi connectivity index (χ0) is 10.8. The van der Waals surface area contributed by atoms with E-state index in [2.05, 4.69) is 13.0 Å². The standard InChI is InChI=1S/C13H15NO/c1-2-9(8-14)12-6-4-10-3-5-11(15)7-13(10)12/h3,5,7,9,12,15H,2,4,6H2,1H3. The fraction of sp³-hybridized carbons (Fsp3) is 0.462. The van der Waals surface area contributed by atoms with Crippen molar-refractivity contribution in [1.82, 2.24) is 0 Å². The quantitative estimate of drug-likeness (QED) is 0.799. The van der Waals surface area contributed by atoms with Gasteiger partial charge in [0.2, 0.25) is 0 Å². The largest absolute Gasteiger partial charge is 0.508 e. The van der Waals surface area contributed by atoms with Gasteiger partial charge in [0, 0.05) is 5.92 Å². The molecule has 0 aromatic heterocycles. The second kappa shape index (κ2) is 3.94. The van der Waals surface area contributed by atoms with Crippen LogP contribution in [0.15, 0.2) is 18.2 Å². The molecule has 0 heterocycles. The zero-order valence-corrected chi connectivity index (χ0v) is 8.90. The monoisotopic (exact) mass is 201 g/mol. The molecule has 2 unspecified atom stereocenters. The van der Waals surface area contributed by atoms with Crippen LogP contribution in [-0.2, 0) is 6.42 Å². The summed E-state index contributed by atoms with van der Waals surface area (Å²) in [5.41, 5.74) is 2.48. The van der Waals surface area contributed by atoms with E-state index in [4.69, 9.17) is 5.26 Å². The number of fused-ring (bicyclic) bond motifs is 1. The van der Waals surface area contributed by atoms with Gasteiger partial charge in [0.05, 0.1) is 12.0 Å². The fourth-order valence-corrected chi connectivity index (χ4v) is 2.51. The van der Waals surface area contributed by atoms with E-state index < -0.39 is 0 Å². The highest BCUT2D eigenvalue weighted by molar-refractivity contribution is 5.41. The number of nitrogens with zero attached hydrogens (tertiary/aromatic N) is 1. The van der Waals surface area contributed by atoms with Crippen molar-refractivity contribution in [3.05, 3.63) is 29.3 Å². The summed E-state index contributed by atoms with van der Waals surface area (Å²) in [6, 6.07) is 7.91. The third-order valence-corrected chi connectivity index (χ3v) is 3.34. The van der Waals surface area contributed by atoms with Crippen LogP contribution in [0, 0.1) is 17.2 Å². The van der Waals surface area contributed by atoms with Crippen molar-refractivity contribution >= 4 is 0 Å². The molecule has 1 N–H and O–H groups in total. The molecule has 15 heavy (non-hydrogen) atoms. The van der Waals surface area contributed by atoms with Crippen LogP contribution in [0.2, 0.25) is 0 Å². The van der Waals surface area contributed by atoms with Gasteiger partial charge in [-0.25, -0.2) is 0 Å². The van der Waals surface area contributed by atoms with E-state index in [-0.39, 0.29) is 5.92 Å². The Bertz CT molecular complexity index is 405. The predicted octanol–water partition coefficient (Wildman–Crippen LogP) is 2.97. The van der Waals surface area contributed by atoms with Gasteiger partial charge in [0.25, 0.3) is 0 Å². The van der Waals surface area contributed by atoms with Gasteiger partial charge in [-0.3, -0.25) is 0 Å². The van der Waals surface area contributed by atoms with Crippen LogP contribution in [-0.4, -0.2) is 5.11 Å². The average Bonchev–Trinajstić information content (AvgIpc) is 2.64. The summed E-state index contributed by atoms with van der Waals surface area (Å²) in [5.74, 6) is 0.726. The molecule has 0 saturated carbocycles. The van der Waals surface area contributed by atoms with Crippen LogP contribution >= 0.6 is 0 Å². The van der Waals surface area contributed by atoms with Crippen LogP contribution in [0.25, 0.3) is 0 Å². The summed E-state index contributed by atoms with van der Waals surface area (Å²) in [7, 11) is 0. The number of aryl methyl sites for hydroxylation is 1. The summed E-state index contributed by atoms with van der Waals surface area (Å²) in [4.78, 5) is 0. The fourth-order valence-electron chi connectivity index (χ4n) is 2.51. The minimum atomic E-state index is 0.0908. The molecule has 2 heteroatoms. The van der Waals surface area contributed by atoms with E-state index >= 15 is 0 Å². The normalized spacial score (nSPS) is 20.7. The number of aromatic hydroxyl groups is 1. The van der Waals surface area contributed by atoms with Crippen LogP contribution in [0.1, 0.15) is 36.8 Å².